The lowest BCUT2D eigenvalue weighted by Crippen LogP contribution is -2.31. The van der Waals surface area contributed by atoms with Gasteiger partial charge in [-0.2, -0.15) is 0 Å². The minimum Gasteiger partial charge on any atom is -0.458 e. The molecule has 3 fully saturated rings. The third-order valence-corrected chi connectivity index (χ3v) is 6.28. The average molecular weight is 262 g/mol. The molecular formula is C17H26O2. The third-order valence-electron chi connectivity index (χ3n) is 6.28. The molecule has 19 heavy (non-hydrogen) atoms. The van der Waals surface area contributed by atoms with Crippen molar-refractivity contribution in [3.8, 4) is 0 Å². The molecule has 0 radical (unpaired) electrons. The molecular weight excluding hydrogens is 236 g/mol. The zero-order valence-electron chi connectivity index (χ0n) is 12.6. The smallest absolute Gasteiger partial charge is 0.303 e. The highest BCUT2D eigenvalue weighted by molar-refractivity contribution is 5.66. The molecule has 6 atom stereocenters. The Morgan fingerprint density at radius 3 is 2.68 bits per heavy atom. The van der Waals surface area contributed by atoms with Crippen molar-refractivity contribution in [2.75, 3.05) is 0 Å². The van der Waals surface area contributed by atoms with E-state index in [1.807, 2.05) is 0 Å². The van der Waals surface area contributed by atoms with Crippen LogP contribution in [0.5, 0.6) is 0 Å². The highest BCUT2D eigenvalue weighted by Gasteiger charge is 2.75. The summed E-state index contributed by atoms with van der Waals surface area (Å²) in [5.74, 6) is 3.65. The Kier molecular flexibility index (Phi) is 2.85. The minimum absolute atomic E-state index is 0.00730. The van der Waals surface area contributed by atoms with Gasteiger partial charge in [-0.15, -0.1) is 0 Å². The van der Waals surface area contributed by atoms with Gasteiger partial charge in [0.2, 0.25) is 0 Å². The van der Waals surface area contributed by atoms with Gasteiger partial charge in [-0.25, -0.2) is 0 Å². The van der Waals surface area contributed by atoms with Gasteiger partial charge < -0.3 is 4.74 Å². The first-order chi connectivity index (χ1) is 8.89. The third kappa shape index (κ3) is 1.64. The monoisotopic (exact) mass is 262 g/mol. The van der Waals surface area contributed by atoms with E-state index < -0.39 is 0 Å². The average Bonchev–Trinajstić information content (AvgIpc) is 2.89. The first kappa shape index (κ1) is 13.2. The zero-order chi connectivity index (χ0) is 13.9. The fraction of sp³-hybridized carbons (Fsp3) is 0.824. The van der Waals surface area contributed by atoms with Gasteiger partial charge in [0.25, 0.3) is 0 Å². The highest BCUT2D eigenvalue weighted by Crippen LogP contribution is 2.79. The minimum atomic E-state index is -0.163. The quantitative estimate of drug-likeness (QED) is 0.558. The summed E-state index contributed by atoms with van der Waals surface area (Å²) < 4.78 is 5.47. The lowest BCUT2D eigenvalue weighted by Gasteiger charge is -2.36. The van der Waals surface area contributed by atoms with Crippen molar-refractivity contribution in [3.63, 3.8) is 0 Å². The van der Waals surface area contributed by atoms with Gasteiger partial charge in [0.15, 0.2) is 0 Å². The van der Waals surface area contributed by atoms with Crippen molar-refractivity contribution in [2.24, 2.45) is 35.0 Å². The second-order valence-corrected chi connectivity index (χ2v) is 7.38. The Hall–Kier alpha value is -0.790. The Balaban J connectivity index is 1.83. The Morgan fingerprint density at radius 2 is 2.11 bits per heavy atom. The van der Waals surface area contributed by atoms with Gasteiger partial charge >= 0.3 is 5.97 Å². The number of carbonyl (C=O) groups is 1. The second-order valence-electron chi connectivity index (χ2n) is 7.38. The molecule has 3 aliphatic carbocycles. The second kappa shape index (κ2) is 4.10. The van der Waals surface area contributed by atoms with Crippen molar-refractivity contribution in [2.45, 2.75) is 53.1 Å². The van der Waals surface area contributed by atoms with Crippen molar-refractivity contribution in [1.29, 1.82) is 0 Å². The van der Waals surface area contributed by atoms with E-state index in [1.165, 1.54) is 25.3 Å². The van der Waals surface area contributed by atoms with Crippen LogP contribution in [-0.2, 0) is 9.53 Å². The molecule has 1 spiro atoms. The lowest BCUT2D eigenvalue weighted by molar-refractivity contribution is -0.145. The standard InChI is InChI=1S/C17H26O2/c1-9(2)13-7-6-10(3)17-8-14(19-12(5)18)11(4)15(17)16(13)17/h9-10,13-16H,4,6-8H2,1-3,5H3/t10-,13+,14+,15-,16+,17+/m0/s1. The van der Waals surface area contributed by atoms with Crippen LogP contribution in [0.2, 0.25) is 0 Å². The lowest BCUT2D eigenvalue weighted by atomic mass is 9.69. The number of rotatable bonds is 2. The summed E-state index contributed by atoms with van der Waals surface area (Å²) >= 11 is 0. The van der Waals surface area contributed by atoms with Crippen molar-refractivity contribution < 1.29 is 9.53 Å². The van der Waals surface area contributed by atoms with Crippen LogP contribution in [0.25, 0.3) is 0 Å². The molecule has 0 aromatic rings. The normalized spacial score (nSPS) is 47.8. The molecule has 3 saturated carbocycles. The first-order valence-corrected chi connectivity index (χ1v) is 7.75. The van der Waals surface area contributed by atoms with E-state index in [2.05, 4.69) is 27.4 Å². The van der Waals surface area contributed by atoms with Gasteiger partial charge in [-0.05, 0) is 59.8 Å². The van der Waals surface area contributed by atoms with Crippen LogP contribution in [0.4, 0.5) is 0 Å². The number of carbonyl (C=O) groups excluding carboxylic acids is 1. The summed E-state index contributed by atoms with van der Waals surface area (Å²) in [7, 11) is 0. The predicted octanol–water partition coefficient (Wildman–Crippen LogP) is 3.81. The molecule has 0 bridgehead atoms. The number of hydrogen-bond acceptors (Lipinski definition) is 2. The number of fused-ring (bicyclic) bond motifs is 1. The van der Waals surface area contributed by atoms with Crippen LogP contribution in [-0.4, -0.2) is 12.1 Å². The van der Waals surface area contributed by atoms with Gasteiger partial charge in [-0.3, -0.25) is 4.79 Å². The molecule has 0 saturated heterocycles. The van der Waals surface area contributed by atoms with Gasteiger partial charge in [0.1, 0.15) is 6.10 Å². The molecule has 0 N–H and O–H groups in total. The summed E-state index contributed by atoms with van der Waals surface area (Å²) in [5.41, 5.74) is 1.63. The number of hydrogen-bond donors (Lipinski definition) is 0. The molecule has 0 aromatic heterocycles. The molecule has 2 nitrogen and oxygen atoms in total. The van der Waals surface area contributed by atoms with E-state index in [0.717, 1.165) is 30.1 Å². The molecule has 3 rings (SSSR count). The number of esters is 1. The van der Waals surface area contributed by atoms with Gasteiger partial charge in [-0.1, -0.05) is 27.4 Å². The summed E-state index contributed by atoms with van der Waals surface area (Å²) in [6.45, 7) is 12.9. The predicted molar refractivity (Wildman–Crippen MR) is 75.5 cm³/mol. The van der Waals surface area contributed by atoms with Crippen molar-refractivity contribution in [1.82, 2.24) is 0 Å². The highest BCUT2D eigenvalue weighted by atomic mass is 16.5. The van der Waals surface area contributed by atoms with Crippen LogP contribution in [0.1, 0.15) is 47.0 Å². The summed E-state index contributed by atoms with van der Waals surface area (Å²) in [4.78, 5) is 11.2. The molecule has 3 aliphatic rings. The fourth-order valence-corrected chi connectivity index (χ4v) is 5.42. The Labute approximate surface area is 116 Å². The van der Waals surface area contributed by atoms with Crippen LogP contribution in [0, 0.1) is 35.0 Å². The fourth-order valence-electron chi connectivity index (χ4n) is 5.42. The van der Waals surface area contributed by atoms with Crippen LogP contribution >= 0.6 is 0 Å². The SMILES string of the molecule is C=C1[C@H](OC(C)=O)C[C@@]23[C@H]([C@@H](C(C)C)CC[C@@H]2C)[C@H]13. The molecule has 0 heterocycles. The Bertz CT molecular complexity index is 425. The first-order valence-electron chi connectivity index (χ1n) is 7.75. The van der Waals surface area contributed by atoms with Crippen molar-refractivity contribution in [3.05, 3.63) is 12.2 Å². The summed E-state index contributed by atoms with van der Waals surface area (Å²) in [6, 6.07) is 0. The maximum absolute atomic E-state index is 11.2. The van der Waals surface area contributed by atoms with Crippen molar-refractivity contribution >= 4 is 5.97 Å². The van der Waals surface area contributed by atoms with E-state index in [0.29, 0.717) is 11.3 Å². The molecule has 0 unspecified atom stereocenters. The van der Waals surface area contributed by atoms with E-state index in [9.17, 15) is 4.79 Å². The topological polar surface area (TPSA) is 26.3 Å². The largest absolute Gasteiger partial charge is 0.458 e. The van der Waals surface area contributed by atoms with E-state index in [-0.39, 0.29) is 12.1 Å². The maximum atomic E-state index is 11.2. The van der Waals surface area contributed by atoms with E-state index >= 15 is 0 Å². The van der Waals surface area contributed by atoms with Gasteiger partial charge in [0, 0.05) is 6.92 Å². The summed E-state index contributed by atoms with van der Waals surface area (Å²) in [5, 5.41) is 0. The maximum Gasteiger partial charge on any atom is 0.303 e. The number of ether oxygens (including phenoxy) is 1. The van der Waals surface area contributed by atoms with Crippen LogP contribution in [0.3, 0.4) is 0 Å². The zero-order valence-corrected chi connectivity index (χ0v) is 12.6. The summed E-state index contributed by atoms with van der Waals surface area (Å²) in [6.07, 6.45) is 3.72. The molecule has 0 aromatic carbocycles. The van der Waals surface area contributed by atoms with Crippen LogP contribution in [0.15, 0.2) is 12.2 Å². The van der Waals surface area contributed by atoms with E-state index in [1.54, 1.807) is 0 Å². The van der Waals surface area contributed by atoms with Gasteiger partial charge in [0.05, 0.1) is 0 Å². The molecule has 2 heteroatoms. The molecule has 0 aliphatic heterocycles. The van der Waals surface area contributed by atoms with Crippen LogP contribution < -0.4 is 0 Å². The van der Waals surface area contributed by atoms with E-state index in [4.69, 9.17) is 4.74 Å². The molecule has 106 valence electrons. The molecule has 0 amide bonds. The Morgan fingerprint density at radius 1 is 1.42 bits per heavy atom.